The molecule has 20 heavy (non-hydrogen) atoms. The first-order valence-electron chi connectivity index (χ1n) is 6.81. The largest absolute Gasteiger partial charge is 0.396 e. The lowest BCUT2D eigenvalue weighted by Gasteiger charge is -2.20. The Labute approximate surface area is 119 Å². The van der Waals surface area contributed by atoms with Gasteiger partial charge in [0.05, 0.1) is 11.8 Å². The second-order valence-electron chi connectivity index (χ2n) is 5.44. The number of amides is 1. The van der Waals surface area contributed by atoms with Gasteiger partial charge in [0.15, 0.2) is 0 Å². The molecule has 0 aliphatic carbocycles. The summed E-state index contributed by atoms with van der Waals surface area (Å²) in [6.07, 6.45) is 0.324. The molecular weight excluding hydrogens is 259 g/mol. The average Bonchev–Trinajstić information content (AvgIpc) is 2.32. The topological polar surface area (TPSA) is 64.3 Å². The van der Waals surface area contributed by atoms with Gasteiger partial charge in [0.25, 0.3) is 5.91 Å². The SMILES string of the molecule is CC(C)CC(C)OC(C)C(=O)Nc1ccc(F)c(N)c1. The number of carbonyl (C=O) groups is 1. The zero-order valence-corrected chi connectivity index (χ0v) is 12.4. The van der Waals surface area contributed by atoms with Crippen LogP contribution >= 0.6 is 0 Å². The summed E-state index contributed by atoms with van der Waals surface area (Å²) < 4.78 is 18.7. The molecule has 0 spiro atoms. The van der Waals surface area contributed by atoms with E-state index < -0.39 is 11.9 Å². The van der Waals surface area contributed by atoms with Gasteiger partial charge in [0.1, 0.15) is 11.9 Å². The molecule has 0 saturated carbocycles. The first-order valence-corrected chi connectivity index (χ1v) is 6.81. The molecule has 1 amide bonds. The highest BCUT2D eigenvalue weighted by molar-refractivity contribution is 5.94. The van der Waals surface area contributed by atoms with Crippen LogP contribution in [0.2, 0.25) is 0 Å². The van der Waals surface area contributed by atoms with Crippen molar-refractivity contribution in [2.24, 2.45) is 5.92 Å². The van der Waals surface area contributed by atoms with Gasteiger partial charge >= 0.3 is 0 Å². The van der Waals surface area contributed by atoms with Crippen molar-refractivity contribution in [2.45, 2.75) is 46.3 Å². The fourth-order valence-corrected chi connectivity index (χ4v) is 2.00. The Morgan fingerprint density at radius 2 is 2.00 bits per heavy atom. The van der Waals surface area contributed by atoms with Crippen molar-refractivity contribution < 1.29 is 13.9 Å². The number of nitrogens with two attached hydrogens (primary N) is 1. The van der Waals surface area contributed by atoms with Gasteiger partial charge in [0.2, 0.25) is 0 Å². The van der Waals surface area contributed by atoms with E-state index in [1.54, 1.807) is 6.92 Å². The quantitative estimate of drug-likeness (QED) is 0.788. The highest BCUT2D eigenvalue weighted by atomic mass is 19.1. The van der Waals surface area contributed by atoms with E-state index in [4.69, 9.17) is 10.5 Å². The molecule has 0 fully saturated rings. The maximum atomic E-state index is 13.0. The number of hydrogen-bond donors (Lipinski definition) is 2. The van der Waals surface area contributed by atoms with E-state index in [1.165, 1.54) is 18.2 Å². The van der Waals surface area contributed by atoms with Crippen LogP contribution in [0, 0.1) is 11.7 Å². The molecule has 112 valence electrons. The molecule has 0 aromatic heterocycles. The molecule has 5 heteroatoms. The van der Waals surface area contributed by atoms with Crippen LogP contribution in [0.3, 0.4) is 0 Å². The third-order valence-electron chi connectivity index (χ3n) is 2.87. The number of anilines is 2. The number of nitrogens with one attached hydrogen (secondary N) is 1. The molecule has 0 aliphatic rings. The van der Waals surface area contributed by atoms with Crippen molar-refractivity contribution in [1.29, 1.82) is 0 Å². The van der Waals surface area contributed by atoms with Gasteiger partial charge < -0.3 is 15.8 Å². The fourth-order valence-electron chi connectivity index (χ4n) is 2.00. The monoisotopic (exact) mass is 282 g/mol. The van der Waals surface area contributed by atoms with E-state index in [1.807, 2.05) is 6.92 Å². The second kappa shape index (κ2) is 7.24. The van der Waals surface area contributed by atoms with Crippen LogP contribution in [0.25, 0.3) is 0 Å². The minimum Gasteiger partial charge on any atom is -0.396 e. The van der Waals surface area contributed by atoms with Crippen molar-refractivity contribution in [3.63, 3.8) is 0 Å². The van der Waals surface area contributed by atoms with Crippen molar-refractivity contribution in [2.75, 3.05) is 11.1 Å². The number of carbonyl (C=O) groups excluding carboxylic acids is 1. The number of hydrogen-bond acceptors (Lipinski definition) is 3. The minimum absolute atomic E-state index is 0.00421. The maximum absolute atomic E-state index is 13.0. The Bertz CT molecular complexity index is 463. The fraction of sp³-hybridized carbons (Fsp3) is 0.533. The summed E-state index contributed by atoms with van der Waals surface area (Å²) >= 11 is 0. The Hall–Kier alpha value is -1.62. The van der Waals surface area contributed by atoms with Crippen molar-refractivity contribution in [3.8, 4) is 0 Å². The van der Waals surface area contributed by atoms with Gasteiger partial charge in [-0.2, -0.15) is 0 Å². The van der Waals surface area contributed by atoms with Gasteiger partial charge in [-0.25, -0.2) is 4.39 Å². The lowest BCUT2D eigenvalue weighted by molar-refractivity contribution is -0.129. The minimum atomic E-state index is -0.574. The Morgan fingerprint density at radius 3 is 2.55 bits per heavy atom. The maximum Gasteiger partial charge on any atom is 0.253 e. The van der Waals surface area contributed by atoms with Gasteiger partial charge in [0, 0.05) is 5.69 Å². The second-order valence-corrected chi connectivity index (χ2v) is 5.44. The molecule has 1 aromatic carbocycles. The van der Waals surface area contributed by atoms with Crippen LogP contribution in [-0.4, -0.2) is 18.1 Å². The predicted molar refractivity (Wildman–Crippen MR) is 78.9 cm³/mol. The molecule has 3 N–H and O–H groups in total. The van der Waals surface area contributed by atoms with E-state index >= 15 is 0 Å². The third kappa shape index (κ3) is 5.17. The molecule has 0 saturated heterocycles. The summed E-state index contributed by atoms with van der Waals surface area (Å²) in [6, 6.07) is 4.07. The average molecular weight is 282 g/mol. The van der Waals surface area contributed by atoms with Gasteiger partial charge in [-0.1, -0.05) is 13.8 Å². The van der Waals surface area contributed by atoms with Gasteiger partial charge in [-0.05, 0) is 44.4 Å². The lowest BCUT2D eigenvalue weighted by Crippen LogP contribution is -2.31. The molecule has 0 radical (unpaired) electrons. The van der Waals surface area contributed by atoms with E-state index in [0.717, 1.165) is 6.42 Å². The Kier molecular flexibility index (Phi) is 5.95. The standard InChI is InChI=1S/C15H23FN2O2/c1-9(2)7-10(3)20-11(4)15(19)18-12-5-6-13(16)14(17)8-12/h5-6,8-11H,7,17H2,1-4H3,(H,18,19). The molecule has 2 atom stereocenters. The molecule has 1 rings (SSSR count). The summed E-state index contributed by atoms with van der Waals surface area (Å²) in [7, 11) is 0. The van der Waals surface area contributed by atoms with Crippen LogP contribution < -0.4 is 11.1 Å². The van der Waals surface area contributed by atoms with Crippen molar-refractivity contribution in [3.05, 3.63) is 24.0 Å². The number of benzene rings is 1. The Balaban J connectivity index is 2.54. The number of halogens is 1. The molecular formula is C15H23FN2O2. The summed E-state index contributed by atoms with van der Waals surface area (Å²) in [5.41, 5.74) is 5.91. The normalized spacial score (nSPS) is 14.1. The molecule has 0 bridgehead atoms. The van der Waals surface area contributed by atoms with Crippen LogP contribution in [0.1, 0.15) is 34.1 Å². The zero-order chi connectivity index (χ0) is 15.3. The first-order chi connectivity index (χ1) is 9.29. The van der Waals surface area contributed by atoms with E-state index in [2.05, 4.69) is 19.2 Å². The smallest absolute Gasteiger partial charge is 0.253 e. The molecule has 0 aliphatic heterocycles. The lowest BCUT2D eigenvalue weighted by atomic mass is 10.1. The molecule has 2 unspecified atom stereocenters. The van der Waals surface area contributed by atoms with Crippen molar-refractivity contribution >= 4 is 17.3 Å². The van der Waals surface area contributed by atoms with Gasteiger partial charge in [-0.15, -0.1) is 0 Å². The summed E-state index contributed by atoms with van der Waals surface area (Å²) in [4.78, 5) is 12.0. The Morgan fingerprint density at radius 1 is 1.35 bits per heavy atom. The van der Waals surface area contributed by atoms with Crippen LogP contribution in [-0.2, 0) is 9.53 Å². The van der Waals surface area contributed by atoms with Crippen LogP contribution in [0.5, 0.6) is 0 Å². The summed E-state index contributed by atoms with van der Waals surface area (Å²) in [5.74, 6) is -0.262. The predicted octanol–water partition coefficient (Wildman–Crippen LogP) is 3.19. The molecule has 0 heterocycles. The van der Waals surface area contributed by atoms with E-state index in [-0.39, 0.29) is 17.7 Å². The van der Waals surface area contributed by atoms with Crippen LogP contribution in [0.4, 0.5) is 15.8 Å². The number of rotatable bonds is 6. The molecule has 4 nitrogen and oxygen atoms in total. The summed E-state index contributed by atoms with van der Waals surface area (Å²) in [6.45, 7) is 7.84. The zero-order valence-electron chi connectivity index (χ0n) is 12.4. The third-order valence-corrected chi connectivity index (χ3v) is 2.87. The number of nitrogen functional groups attached to an aromatic ring is 1. The number of ether oxygens (including phenoxy) is 1. The summed E-state index contributed by atoms with van der Waals surface area (Å²) in [5, 5.41) is 2.66. The van der Waals surface area contributed by atoms with Crippen LogP contribution in [0.15, 0.2) is 18.2 Å². The van der Waals surface area contributed by atoms with E-state index in [9.17, 15) is 9.18 Å². The highest BCUT2D eigenvalue weighted by Gasteiger charge is 2.17. The first kappa shape index (κ1) is 16.4. The van der Waals surface area contributed by atoms with Gasteiger partial charge in [-0.3, -0.25) is 4.79 Å². The van der Waals surface area contributed by atoms with E-state index in [0.29, 0.717) is 11.6 Å². The highest BCUT2D eigenvalue weighted by Crippen LogP contribution is 2.17. The van der Waals surface area contributed by atoms with Crippen molar-refractivity contribution in [1.82, 2.24) is 0 Å². The molecule has 1 aromatic rings.